The minimum atomic E-state index is -1.38. The fourth-order valence-electron chi connectivity index (χ4n) is 1.35. The molecule has 1 rings (SSSR count). The molecule has 0 amide bonds. The molecule has 7 heteroatoms. The quantitative estimate of drug-likeness (QED) is 0.487. The molecule has 0 heterocycles. The second-order valence-electron chi connectivity index (χ2n) is 3.91. The standard InChI is InChI=1S/C11H16BNO5/c13-10(11(14)15)7-8-1-3-9(4-2-8)18-6-5-12(16)17/h1-4,10,16-17H,5-7,13H2,(H,14,15). The molecule has 1 aromatic rings. The summed E-state index contributed by atoms with van der Waals surface area (Å²) in [5.74, 6) is -0.449. The zero-order valence-electron chi connectivity index (χ0n) is 9.82. The van der Waals surface area contributed by atoms with E-state index in [9.17, 15) is 4.79 Å². The molecule has 0 radical (unpaired) electrons. The minimum absolute atomic E-state index is 0.131. The first-order valence-electron chi connectivity index (χ1n) is 5.55. The van der Waals surface area contributed by atoms with Gasteiger partial charge in [0.15, 0.2) is 0 Å². The number of aliphatic carboxylic acids is 1. The topological polar surface area (TPSA) is 113 Å². The van der Waals surface area contributed by atoms with Gasteiger partial charge in [0.05, 0.1) is 6.61 Å². The number of carboxylic acid groups (broad SMARTS) is 1. The van der Waals surface area contributed by atoms with Gasteiger partial charge in [0.1, 0.15) is 11.8 Å². The predicted octanol–water partition coefficient (Wildman–Crippen LogP) is -0.507. The van der Waals surface area contributed by atoms with Gasteiger partial charge in [-0.05, 0) is 24.1 Å². The van der Waals surface area contributed by atoms with Crippen LogP contribution >= 0.6 is 0 Å². The second kappa shape index (κ2) is 7.00. The number of rotatable bonds is 7. The first-order chi connectivity index (χ1) is 8.49. The van der Waals surface area contributed by atoms with Crippen LogP contribution in [0.5, 0.6) is 5.75 Å². The van der Waals surface area contributed by atoms with Crippen molar-refractivity contribution in [2.75, 3.05) is 6.61 Å². The summed E-state index contributed by atoms with van der Waals surface area (Å²) < 4.78 is 5.26. The van der Waals surface area contributed by atoms with E-state index in [1.165, 1.54) is 0 Å². The van der Waals surface area contributed by atoms with Crippen molar-refractivity contribution >= 4 is 13.1 Å². The molecule has 0 aromatic heterocycles. The van der Waals surface area contributed by atoms with Crippen LogP contribution in [0.25, 0.3) is 0 Å². The third kappa shape index (κ3) is 5.18. The molecule has 98 valence electrons. The van der Waals surface area contributed by atoms with Crippen molar-refractivity contribution in [1.29, 1.82) is 0 Å². The van der Waals surface area contributed by atoms with Gasteiger partial charge in [-0.1, -0.05) is 12.1 Å². The number of hydrogen-bond donors (Lipinski definition) is 4. The molecule has 0 aliphatic carbocycles. The number of carbonyl (C=O) groups is 1. The molecule has 1 aromatic carbocycles. The van der Waals surface area contributed by atoms with Gasteiger partial charge in [-0.3, -0.25) is 4.79 Å². The van der Waals surface area contributed by atoms with Crippen LogP contribution in [0, 0.1) is 0 Å². The van der Waals surface area contributed by atoms with E-state index in [0.29, 0.717) is 5.75 Å². The van der Waals surface area contributed by atoms with Crippen molar-refractivity contribution in [3.05, 3.63) is 29.8 Å². The van der Waals surface area contributed by atoms with Gasteiger partial charge in [0.2, 0.25) is 0 Å². The molecule has 0 fully saturated rings. The van der Waals surface area contributed by atoms with Crippen LogP contribution in [0.1, 0.15) is 5.56 Å². The zero-order valence-corrected chi connectivity index (χ0v) is 9.82. The Kier molecular flexibility index (Phi) is 5.64. The van der Waals surface area contributed by atoms with Crippen molar-refractivity contribution in [1.82, 2.24) is 0 Å². The average molecular weight is 253 g/mol. The Morgan fingerprint density at radius 2 is 1.94 bits per heavy atom. The summed E-state index contributed by atoms with van der Waals surface area (Å²) >= 11 is 0. The van der Waals surface area contributed by atoms with Crippen LogP contribution in [0.2, 0.25) is 6.32 Å². The lowest BCUT2D eigenvalue weighted by molar-refractivity contribution is -0.138. The van der Waals surface area contributed by atoms with Gasteiger partial charge < -0.3 is 25.6 Å². The molecule has 1 atom stereocenters. The monoisotopic (exact) mass is 253 g/mol. The first kappa shape index (κ1) is 14.5. The second-order valence-corrected chi connectivity index (χ2v) is 3.91. The Hall–Kier alpha value is -1.57. The van der Waals surface area contributed by atoms with E-state index in [0.717, 1.165) is 5.56 Å². The lowest BCUT2D eigenvalue weighted by Gasteiger charge is -2.08. The lowest BCUT2D eigenvalue weighted by atomic mass is 9.87. The van der Waals surface area contributed by atoms with Gasteiger partial charge in [-0.15, -0.1) is 0 Å². The Morgan fingerprint density at radius 3 is 2.44 bits per heavy atom. The molecule has 5 N–H and O–H groups in total. The Balaban J connectivity index is 2.44. The van der Waals surface area contributed by atoms with E-state index in [-0.39, 0.29) is 19.3 Å². The maximum atomic E-state index is 10.6. The van der Waals surface area contributed by atoms with E-state index >= 15 is 0 Å². The molecular formula is C11H16BNO5. The highest BCUT2D eigenvalue weighted by Crippen LogP contribution is 2.13. The van der Waals surface area contributed by atoms with Crippen molar-refractivity contribution in [2.24, 2.45) is 5.73 Å². The molecule has 18 heavy (non-hydrogen) atoms. The highest BCUT2D eigenvalue weighted by Gasteiger charge is 2.12. The smallest absolute Gasteiger partial charge is 0.454 e. The van der Waals surface area contributed by atoms with Crippen LogP contribution in [0.4, 0.5) is 0 Å². The van der Waals surface area contributed by atoms with Crippen LogP contribution in [0.3, 0.4) is 0 Å². The van der Waals surface area contributed by atoms with Crippen molar-refractivity contribution in [3.63, 3.8) is 0 Å². The molecule has 0 bridgehead atoms. The van der Waals surface area contributed by atoms with E-state index in [1.54, 1.807) is 24.3 Å². The highest BCUT2D eigenvalue weighted by molar-refractivity contribution is 6.41. The molecule has 6 nitrogen and oxygen atoms in total. The minimum Gasteiger partial charge on any atom is -0.494 e. The Morgan fingerprint density at radius 1 is 1.33 bits per heavy atom. The Labute approximate surface area is 105 Å². The van der Waals surface area contributed by atoms with E-state index in [2.05, 4.69) is 0 Å². The lowest BCUT2D eigenvalue weighted by Crippen LogP contribution is -2.32. The highest BCUT2D eigenvalue weighted by atomic mass is 16.5. The summed E-state index contributed by atoms with van der Waals surface area (Å²) in [5, 5.41) is 25.9. The normalized spacial score (nSPS) is 11.9. The van der Waals surface area contributed by atoms with E-state index < -0.39 is 19.1 Å². The summed E-state index contributed by atoms with van der Waals surface area (Å²) in [6.07, 6.45) is 0.386. The summed E-state index contributed by atoms with van der Waals surface area (Å²) in [6, 6.07) is 5.92. The van der Waals surface area contributed by atoms with Gasteiger partial charge in [0.25, 0.3) is 0 Å². The third-order valence-electron chi connectivity index (χ3n) is 2.34. The summed E-state index contributed by atoms with van der Waals surface area (Å²) in [6.45, 7) is 0.200. The van der Waals surface area contributed by atoms with Crippen molar-refractivity contribution in [3.8, 4) is 5.75 Å². The number of benzene rings is 1. The van der Waals surface area contributed by atoms with Crippen molar-refractivity contribution in [2.45, 2.75) is 18.8 Å². The molecule has 1 unspecified atom stereocenters. The predicted molar refractivity (Wildman–Crippen MR) is 66.3 cm³/mol. The van der Waals surface area contributed by atoms with Crippen LogP contribution < -0.4 is 10.5 Å². The van der Waals surface area contributed by atoms with E-state index in [4.69, 9.17) is 25.6 Å². The van der Waals surface area contributed by atoms with Gasteiger partial charge >= 0.3 is 13.1 Å². The van der Waals surface area contributed by atoms with Gasteiger partial charge in [0, 0.05) is 6.32 Å². The number of ether oxygens (including phenoxy) is 1. The molecule has 0 saturated carbocycles. The van der Waals surface area contributed by atoms with Crippen LogP contribution in [-0.4, -0.2) is 40.9 Å². The summed E-state index contributed by atoms with van der Waals surface area (Å²) in [5.41, 5.74) is 6.22. The number of hydrogen-bond acceptors (Lipinski definition) is 5. The number of carboxylic acids is 1. The maximum absolute atomic E-state index is 10.6. The fraction of sp³-hybridized carbons (Fsp3) is 0.364. The van der Waals surface area contributed by atoms with Gasteiger partial charge in [-0.25, -0.2) is 0 Å². The third-order valence-corrected chi connectivity index (χ3v) is 2.34. The maximum Gasteiger partial charge on any atom is 0.454 e. The molecule has 0 saturated heterocycles. The summed E-state index contributed by atoms with van der Waals surface area (Å²) in [4.78, 5) is 10.6. The fourth-order valence-corrected chi connectivity index (χ4v) is 1.35. The SMILES string of the molecule is NC(Cc1ccc(OCCB(O)O)cc1)C(=O)O. The molecule has 0 aliphatic heterocycles. The van der Waals surface area contributed by atoms with Crippen LogP contribution in [0.15, 0.2) is 24.3 Å². The number of nitrogens with two attached hydrogens (primary N) is 1. The molecule has 0 spiro atoms. The average Bonchev–Trinajstić information content (AvgIpc) is 2.30. The first-order valence-corrected chi connectivity index (χ1v) is 5.55. The summed E-state index contributed by atoms with van der Waals surface area (Å²) in [7, 11) is -1.38. The molecular weight excluding hydrogens is 237 g/mol. The molecule has 0 aliphatic rings. The van der Waals surface area contributed by atoms with E-state index in [1.807, 2.05) is 0 Å². The van der Waals surface area contributed by atoms with Gasteiger partial charge in [-0.2, -0.15) is 0 Å². The zero-order chi connectivity index (χ0) is 13.5. The largest absolute Gasteiger partial charge is 0.494 e. The van der Waals surface area contributed by atoms with Crippen LogP contribution in [-0.2, 0) is 11.2 Å². The van der Waals surface area contributed by atoms with Crippen molar-refractivity contribution < 1.29 is 24.7 Å². The Bertz CT molecular complexity index is 382.